The Morgan fingerprint density at radius 1 is 1.41 bits per heavy atom. The van der Waals surface area contributed by atoms with E-state index in [2.05, 4.69) is 18.3 Å². The van der Waals surface area contributed by atoms with E-state index in [1.807, 2.05) is 24.3 Å². The third-order valence-corrected chi connectivity index (χ3v) is 3.08. The Morgan fingerprint density at radius 2 is 2.12 bits per heavy atom. The molecule has 0 saturated heterocycles. The molecule has 1 N–H and O–H groups in total. The van der Waals surface area contributed by atoms with E-state index < -0.39 is 0 Å². The van der Waals surface area contributed by atoms with Crippen molar-refractivity contribution < 1.29 is 4.79 Å². The molecule has 0 aliphatic rings. The minimum atomic E-state index is 0.0595. The summed E-state index contributed by atoms with van der Waals surface area (Å²) in [4.78, 5) is 12.5. The fourth-order valence-corrected chi connectivity index (χ4v) is 1.87. The van der Waals surface area contributed by atoms with Crippen molar-refractivity contribution >= 4 is 23.4 Å². The van der Waals surface area contributed by atoms with Crippen LogP contribution in [0.4, 0.5) is 5.69 Å². The SMILES string of the molecule is CCCCC(=O)Nc1ccc(SCC#N)cc1. The average molecular weight is 248 g/mol. The van der Waals surface area contributed by atoms with Crippen molar-refractivity contribution in [3.05, 3.63) is 24.3 Å². The summed E-state index contributed by atoms with van der Waals surface area (Å²) in [5.41, 5.74) is 0.812. The molecule has 0 unspecified atom stereocenters. The predicted molar refractivity (Wildman–Crippen MR) is 70.9 cm³/mol. The Bertz CT molecular complexity index is 395. The summed E-state index contributed by atoms with van der Waals surface area (Å²) in [5.74, 6) is 0.506. The van der Waals surface area contributed by atoms with E-state index in [0.29, 0.717) is 12.2 Å². The molecule has 0 spiro atoms. The summed E-state index contributed by atoms with van der Waals surface area (Å²) in [5, 5.41) is 11.3. The highest BCUT2D eigenvalue weighted by Gasteiger charge is 2.01. The average Bonchev–Trinajstić information content (AvgIpc) is 2.35. The molecule has 0 fully saturated rings. The number of hydrogen-bond donors (Lipinski definition) is 1. The zero-order valence-electron chi connectivity index (χ0n) is 9.90. The quantitative estimate of drug-likeness (QED) is 0.785. The number of rotatable bonds is 6. The molecule has 1 aromatic rings. The second-order valence-electron chi connectivity index (χ2n) is 3.62. The molecule has 90 valence electrons. The Labute approximate surface area is 106 Å². The van der Waals surface area contributed by atoms with Crippen LogP contribution in [0.2, 0.25) is 0 Å². The van der Waals surface area contributed by atoms with Gasteiger partial charge in [0.15, 0.2) is 0 Å². The highest BCUT2D eigenvalue weighted by Crippen LogP contribution is 2.19. The minimum absolute atomic E-state index is 0.0595. The maximum absolute atomic E-state index is 11.5. The number of nitrogens with zero attached hydrogens (tertiary/aromatic N) is 1. The van der Waals surface area contributed by atoms with E-state index in [1.54, 1.807) is 0 Å². The van der Waals surface area contributed by atoms with Crippen LogP contribution in [0.5, 0.6) is 0 Å². The molecule has 0 bridgehead atoms. The van der Waals surface area contributed by atoms with Gasteiger partial charge < -0.3 is 5.32 Å². The molecule has 0 aliphatic carbocycles. The lowest BCUT2D eigenvalue weighted by Crippen LogP contribution is -2.10. The molecule has 0 aliphatic heterocycles. The summed E-state index contributed by atoms with van der Waals surface area (Å²) in [7, 11) is 0. The topological polar surface area (TPSA) is 52.9 Å². The Morgan fingerprint density at radius 3 is 2.71 bits per heavy atom. The second kappa shape index (κ2) is 7.75. The van der Waals surface area contributed by atoms with Crippen LogP contribution >= 0.6 is 11.8 Å². The fourth-order valence-electron chi connectivity index (χ4n) is 1.31. The van der Waals surface area contributed by atoms with Crippen molar-refractivity contribution in [2.75, 3.05) is 11.1 Å². The molecule has 1 amide bonds. The van der Waals surface area contributed by atoms with Crippen LogP contribution in [0.25, 0.3) is 0 Å². The predicted octanol–water partition coefficient (Wildman–Crippen LogP) is 3.43. The Kier molecular flexibility index (Phi) is 6.19. The molecule has 0 radical (unpaired) electrons. The van der Waals surface area contributed by atoms with E-state index in [0.717, 1.165) is 23.4 Å². The van der Waals surface area contributed by atoms with E-state index in [4.69, 9.17) is 5.26 Å². The number of hydrogen-bond acceptors (Lipinski definition) is 3. The molecule has 4 heteroatoms. The number of carbonyl (C=O) groups is 1. The molecule has 0 heterocycles. The molecule has 17 heavy (non-hydrogen) atoms. The van der Waals surface area contributed by atoms with Crippen molar-refractivity contribution in [1.82, 2.24) is 0 Å². The normalized spacial score (nSPS) is 9.65. The van der Waals surface area contributed by atoms with Crippen LogP contribution in [-0.4, -0.2) is 11.7 Å². The lowest BCUT2D eigenvalue weighted by Gasteiger charge is -2.05. The monoisotopic (exact) mass is 248 g/mol. The smallest absolute Gasteiger partial charge is 0.224 e. The van der Waals surface area contributed by atoms with E-state index in [1.165, 1.54) is 11.8 Å². The number of anilines is 1. The van der Waals surface area contributed by atoms with Gasteiger partial charge in [-0.25, -0.2) is 0 Å². The maximum Gasteiger partial charge on any atom is 0.224 e. The van der Waals surface area contributed by atoms with Gasteiger partial charge >= 0.3 is 0 Å². The lowest BCUT2D eigenvalue weighted by atomic mass is 10.2. The molecule has 0 saturated carbocycles. The fraction of sp³-hybridized carbons (Fsp3) is 0.385. The number of carbonyl (C=O) groups excluding carboxylic acids is 1. The summed E-state index contributed by atoms with van der Waals surface area (Å²) in [6.07, 6.45) is 2.51. The number of benzene rings is 1. The summed E-state index contributed by atoms with van der Waals surface area (Å²) < 4.78 is 0. The second-order valence-corrected chi connectivity index (χ2v) is 4.67. The van der Waals surface area contributed by atoms with Gasteiger partial charge in [-0.1, -0.05) is 13.3 Å². The number of unbranched alkanes of at least 4 members (excludes halogenated alkanes) is 1. The third-order valence-electron chi connectivity index (χ3n) is 2.20. The molecule has 1 aromatic carbocycles. The van der Waals surface area contributed by atoms with Gasteiger partial charge in [-0.15, -0.1) is 11.8 Å². The van der Waals surface area contributed by atoms with Crippen LogP contribution in [-0.2, 0) is 4.79 Å². The largest absolute Gasteiger partial charge is 0.326 e. The zero-order chi connectivity index (χ0) is 12.5. The van der Waals surface area contributed by atoms with Crippen molar-refractivity contribution in [2.45, 2.75) is 31.1 Å². The van der Waals surface area contributed by atoms with Gasteiger partial charge in [0.25, 0.3) is 0 Å². The van der Waals surface area contributed by atoms with Gasteiger partial charge in [-0.3, -0.25) is 4.79 Å². The van der Waals surface area contributed by atoms with E-state index in [-0.39, 0.29) is 5.91 Å². The zero-order valence-corrected chi connectivity index (χ0v) is 10.7. The molecule has 1 rings (SSSR count). The third kappa shape index (κ3) is 5.41. The van der Waals surface area contributed by atoms with E-state index >= 15 is 0 Å². The van der Waals surface area contributed by atoms with Crippen LogP contribution < -0.4 is 5.32 Å². The van der Waals surface area contributed by atoms with Crippen molar-refractivity contribution in [1.29, 1.82) is 5.26 Å². The van der Waals surface area contributed by atoms with Gasteiger partial charge in [0.05, 0.1) is 11.8 Å². The highest BCUT2D eigenvalue weighted by atomic mass is 32.2. The van der Waals surface area contributed by atoms with Crippen LogP contribution in [0.3, 0.4) is 0 Å². The number of thioether (sulfide) groups is 1. The first kappa shape index (κ1) is 13.6. The van der Waals surface area contributed by atoms with Crippen LogP contribution in [0, 0.1) is 11.3 Å². The molecular formula is C13H16N2OS. The summed E-state index contributed by atoms with van der Waals surface area (Å²) in [6.45, 7) is 2.06. The van der Waals surface area contributed by atoms with E-state index in [9.17, 15) is 4.79 Å². The molecular weight excluding hydrogens is 232 g/mol. The maximum atomic E-state index is 11.5. The summed E-state index contributed by atoms with van der Waals surface area (Å²) in [6, 6.07) is 9.64. The Balaban J connectivity index is 2.45. The molecule has 3 nitrogen and oxygen atoms in total. The minimum Gasteiger partial charge on any atom is -0.326 e. The number of amides is 1. The van der Waals surface area contributed by atoms with Gasteiger partial charge in [-0.2, -0.15) is 5.26 Å². The van der Waals surface area contributed by atoms with Gasteiger partial charge in [0.2, 0.25) is 5.91 Å². The summed E-state index contributed by atoms with van der Waals surface area (Å²) >= 11 is 1.49. The highest BCUT2D eigenvalue weighted by molar-refractivity contribution is 7.99. The van der Waals surface area contributed by atoms with Crippen molar-refractivity contribution in [3.8, 4) is 6.07 Å². The van der Waals surface area contributed by atoms with Gasteiger partial charge in [0, 0.05) is 17.0 Å². The van der Waals surface area contributed by atoms with Gasteiger partial charge in [-0.05, 0) is 30.7 Å². The molecule has 0 atom stereocenters. The first-order valence-corrected chi connectivity index (χ1v) is 6.64. The van der Waals surface area contributed by atoms with Crippen molar-refractivity contribution in [2.24, 2.45) is 0 Å². The van der Waals surface area contributed by atoms with Gasteiger partial charge in [0.1, 0.15) is 0 Å². The number of nitriles is 1. The van der Waals surface area contributed by atoms with Crippen LogP contribution in [0.15, 0.2) is 29.2 Å². The van der Waals surface area contributed by atoms with Crippen LogP contribution in [0.1, 0.15) is 26.2 Å². The Hall–Kier alpha value is -1.47. The lowest BCUT2D eigenvalue weighted by molar-refractivity contribution is -0.116. The van der Waals surface area contributed by atoms with Crippen molar-refractivity contribution in [3.63, 3.8) is 0 Å². The first-order chi connectivity index (χ1) is 8.26. The first-order valence-electron chi connectivity index (χ1n) is 5.66. The number of nitrogens with one attached hydrogen (secondary N) is 1. The standard InChI is InChI=1S/C13H16N2OS/c1-2-3-4-13(16)15-11-5-7-12(8-6-11)17-10-9-14/h5-8H,2-4,10H2,1H3,(H,15,16). The molecule has 0 aromatic heterocycles.